The third-order valence-corrected chi connectivity index (χ3v) is 4.36. The molecule has 1 aromatic rings. The molecule has 0 spiro atoms. The monoisotopic (exact) mass is 292 g/mol. The largest absolute Gasteiger partial charge is 0.467 e. The van der Waals surface area contributed by atoms with Crippen molar-refractivity contribution in [2.24, 2.45) is 5.92 Å². The Morgan fingerprint density at radius 3 is 3.05 bits per heavy atom. The van der Waals surface area contributed by atoms with E-state index in [9.17, 15) is 14.7 Å². The summed E-state index contributed by atoms with van der Waals surface area (Å²) in [6, 6.07) is 3.53. The molecule has 6 heteroatoms. The van der Waals surface area contributed by atoms with Crippen LogP contribution in [0.4, 0.5) is 0 Å². The highest BCUT2D eigenvalue weighted by molar-refractivity contribution is 5.89. The first-order valence-electron chi connectivity index (χ1n) is 7.40. The zero-order valence-electron chi connectivity index (χ0n) is 11.9. The lowest BCUT2D eigenvalue weighted by atomic mass is 10.1. The number of carbonyl (C=O) groups is 2. The van der Waals surface area contributed by atoms with Crippen molar-refractivity contribution in [3.63, 3.8) is 0 Å². The first-order valence-corrected chi connectivity index (χ1v) is 7.40. The second kappa shape index (κ2) is 5.89. The van der Waals surface area contributed by atoms with E-state index in [2.05, 4.69) is 0 Å². The van der Waals surface area contributed by atoms with E-state index in [0.717, 1.165) is 18.6 Å². The molecule has 114 valence electrons. The summed E-state index contributed by atoms with van der Waals surface area (Å²) in [7, 11) is 0. The van der Waals surface area contributed by atoms with Crippen molar-refractivity contribution >= 4 is 11.8 Å². The second-order valence-corrected chi connectivity index (χ2v) is 5.76. The van der Waals surface area contributed by atoms with Crippen LogP contribution in [0.1, 0.15) is 25.0 Å². The fourth-order valence-electron chi connectivity index (χ4n) is 3.23. The van der Waals surface area contributed by atoms with Crippen molar-refractivity contribution in [1.29, 1.82) is 0 Å². The van der Waals surface area contributed by atoms with Gasteiger partial charge in [0.2, 0.25) is 11.8 Å². The van der Waals surface area contributed by atoms with Gasteiger partial charge in [0, 0.05) is 19.5 Å². The number of amides is 2. The fourth-order valence-corrected chi connectivity index (χ4v) is 3.23. The molecular formula is C15H20N2O4. The quantitative estimate of drug-likeness (QED) is 0.882. The van der Waals surface area contributed by atoms with E-state index in [-0.39, 0.29) is 36.8 Å². The molecular weight excluding hydrogens is 272 g/mol. The van der Waals surface area contributed by atoms with E-state index in [4.69, 9.17) is 4.42 Å². The van der Waals surface area contributed by atoms with Crippen LogP contribution in [0.25, 0.3) is 0 Å². The number of hydrogen-bond acceptors (Lipinski definition) is 4. The Morgan fingerprint density at radius 1 is 1.48 bits per heavy atom. The van der Waals surface area contributed by atoms with Crippen molar-refractivity contribution in [2.75, 3.05) is 19.7 Å². The van der Waals surface area contributed by atoms with Gasteiger partial charge in [-0.1, -0.05) is 0 Å². The Morgan fingerprint density at radius 2 is 2.33 bits per heavy atom. The molecule has 2 saturated heterocycles. The van der Waals surface area contributed by atoms with Crippen LogP contribution in [0.15, 0.2) is 22.8 Å². The Kier molecular flexibility index (Phi) is 3.96. The summed E-state index contributed by atoms with van der Waals surface area (Å²) in [5.41, 5.74) is 0. The predicted molar refractivity (Wildman–Crippen MR) is 74.1 cm³/mol. The third-order valence-electron chi connectivity index (χ3n) is 4.36. The molecule has 1 unspecified atom stereocenters. The number of aliphatic hydroxyl groups is 1. The van der Waals surface area contributed by atoms with Crippen molar-refractivity contribution in [2.45, 2.75) is 31.8 Å². The van der Waals surface area contributed by atoms with Gasteiger partial charge in [-0.3, -0.25) is 9.59 Å². The molecule has 0 aromatic carbocycles. The maximum Gasteiger partial charge on any atom is 0.228 e. The molecule has 1 N–H and O–H groups in total. The lowest BCUT2D eigenvalue weighted by Gasteiger charge is -2.25. The van der Waals surface area contributed by atoms with Crippen LogP contribution in [0.5, 0.6) is 0 Å². The van der Waals surface area contributed by atoms with Crippen LogP contribution < -0.4 is 0 Å². The molecule has 0 radical (unpaired) electrons. The van der Waals surface area contributed by atoms with Gasteiger partial charge >= 0.3 is 0 Å². The number of rotatable bonds is 4. The molecule has 2 aliphatic heterocycles. The molecule has 2 fully saturated rings. The Balaban J connectivity index is 1.62. The molecule has 2 atom stereocenters. The second-order valence-electron chi connectivity index (χ2n) is 5.76. The molecule has 1 aromatic heterocycles. The van der Waals surface area contributed by atoms with Gasteiger partial charge in [-0.25, -0.2) is 0 Å². The van der Waals surface area contributed by atoms with Crippen LogP contribution in [0, 0.1) is 5.92 Å². The first-order chi connectivity index (χ1) is 10.2. The number of likely N-dealkylation sites (tertiary alicyclic amines) is 2. The maximum absolute atomic E-state index is 12.5. The normalized spacial score (nSPS) is 25.9. The number of carbonyl (C=O) groups excluding carboxylic acids is 2. The van der Waals surface area contributed by atoms with Gasteiger partial charge < -0.3 is 19.3 Å². The van der Waals surface area contributed by atoms with Crippen LogP contribution in [0.2, 0.25) is 0 Å². The molecule has 6 nitrogen and oxygen atoms in total. The maximum atomic E-state index is 12.5. The minimum atomic E-state index is -0.292. The van der Waals surface area contributed by atoms with E-state index >= 15 is 0 Å². The van der Waals surface area contributed by atoms with Gasteiger partial charge in [0.15, 0.2) is 0 Å². The summed E-state index contributed by atoms with van der Waals surface area (Å²) in [6.45, 7) is 1.54. The molecule has 2 aliphatic rings. The summed E-state index contributed by atoms with van der Waals surface area (Å²) < 4.78 is 5.25. The Bertz CT molecular complexity index is 514. The van der Waals surface area contributed by atoms with Crippen molar-refractivity contribution in [1.82, 2.24) is 9.80 Å². The number of aliphatic hydroxyl groups excluding tert-OH is 1. The van der Waals surface area contributed by atoms with Gasteiger partial charge in [0.05, 0.1) is 31.4 Å². The summed E-state index contributed by atoms with van der Waals surface area (Å²) in [4.78, 5) is 28.0. The molecule has 3 heterocycles. The molecule has 0 aliphatic carbocycles. The van der Waals surface area contributed by atoms with Crippen LogP contribution in [0.3, 0.4) is 0 Å². The number of hydrogen-bond donors (Lipinski definition) is 1. The zero-order valence-corrected chi connectivity index (χ0v) is 11.9. The summed E-state index contributed by atoms with van der Waals surface area (Å²) in [6.07, 6.45) is 3.61. The summed E-state index contributed by atoms with van der Waals surface area (Å²) in [5.74, 6) is 0.428. The van der Waals surface area contributed by atoms with E-state index in [1.54, 1.807) is 22.1 Å². The molecule has 3 rings (SSSR count). The smallest absolute Gasteiger partial charge is 0.228 e. The van der Waals surface area contributed by atoms with Crippen molar-refractivity contribution < 1.29 is 19.1 Å². The van der Waals surface area contributed by atoms with Crippen molar-refractivity contribution in [3.05, 3.63) is 24.2 Å². The topological polar surface area (TPSA) is 74.0 Å². The average molecular weight is 292 g/mol. The first kappa shape index (κ1) is 14.1. The van der Waals surface area contributed by atoms with Gasteiger partial charge in [-0.15, -0.1) is 0 Å². The lowest BCUT2D eigenvalue weighted by molar-refractivity contribution is -0.137. The summed E-state index contributed by atoms with van der Waals surface area (Å²) in [5, 5.41) is 9.32. The Labute approximate surface area is 123 Å². The number of nitrogens with zero attached hydrogens (tertiary/aromatic N) is 2. The molecule has 0 bridgehead atoms. The van der Waals surface area contributed by atoms with Crippen LogP contribution >= 0.6 is 0 Å². The highest BCUT2D eigenvalue weighted by Crippen LogP contribution is 2.26. The minimum Gasteiger partial charge on any atom is -0.467 e. The van der Waals surface area contributed by atoms with Gasteiger partial charge in [0.1, 0.15) is 5.76 Å². The van der Waals surface area contributed by atoms with Crippen LogP contribution in [-0.4, -0.2) is 52.5 Å². The standard InChI is InChI=1S/C15H20N2O4/c18-10-12-3-1-5-17(12)15(20)11-7-14(19)16(8-11)9-13-4-2-6-21-13/h2,4,6,11-12,18H,1,3,5,7-10H2/t11?,12-/m1/s1. The Hall–Kier alpha value is -1.82. The van der Waals surface area contributed by atoms with Crippen molar-refractivity contribution in [3.8, 4) is 0 Å². The van der Waals surface area contributed by atoms with Gasteiger partial charge in [-0.05, 0) is 25.0 Å². The number of furan rings is 1. The fraction of sp³-hybridized carbons (Fsp3) is 0.600. The SMILES string of the molecule is O=C1CC(C(=O)N2CCC[C@@H]2CO)CN1Cc1ccco1. The third kappa shape index (κ3) is 2.81. The van der Waals surface area contributed by atoms with E-state index in [1.807, 2.05) is 6.07 Å². The highest BCUT2D eigenvalue weighted by atomic mass is 16.3. The summed E-state index contributed by atoms with van der Waals surface area (Å²) >= 11 is 0. The van der Waals surface area contributed by atoms with Crippen LogP contribution in [-0.2, 0) is 16.1 Å². The molecule has 0 saturated carbocycles. The van der Waals surface area contributed by atoms with E-state index in [1.165, 1.54) is 0 Å². The minimum absolute atomic E-state index is 0.00171. The van der Waals surface area contributed by atoms with Gasteiger partial charge in [-0.2, -0.15) is 0 Å². The average Bonchev–Trinajstić information content (AvgIpc) is 3.20. The zero-order chi connectivity index (χ0) is 14.8. The van der Waals surface area contributed by atoms with Gasteiger partial charge in [0.25, 0.3) is 0 Å². The predicted octanol–water partition coefficient (Wildman–Crippen LogP) is 0.611. The highest BCUT2D eigenvalue weighted by Gasteiger charge is 2.39. The molecule has 21 heavy (non-hydrogen) atoms. The van der Waals surface area contributed by atoms with E-state index in [0.29, 0.717) is 19.6 Å². The van der Waals surface area contributed by atoms with E-state index < -0.39 is 0 Å². The lowest BCUT2D eigenvalue weighted by Crippen LogP contribution is -2.42. The molecule has 2 amide bonds.